The van der Waals surface area contributed by atoms with Gasteiger partial charge in [-0.25, -0.2) is 14.4 Å². The van der Waals surface area contributed by atoms with E-state index in [0.29, 0.717) is 12.1 Å². The summed E-state index contributed by atoms with van der Waals surface area (Å²) in [7, 11) is 0. The molecule has 2 aliphatic heterocycles. The molecule has 22 heavy (non-hydrogen) atoms. The molecule has 2 bridgehead atoms. The lowest BCUT2D eigenvalue weighted by molar-refractivity contribution is 0.0896. The quantitative estimate of drug-likeness (QED) is 0.898. The number of hydrogen-bond donors (Lipinski definition) is 2. The summed E-state index contributed by atoms with van der Waals surface area (Å²) in [5.41, 5.74) is 0.0515. The molecule has 114 valence electrons. The van der Waals surface area contributed by atoms with E-state index in [-0.39, 0.29) is 29.3 Å². The van der Waals surface area contributed by atoms with Gasteiger partial charge in [-0.15, -0.1) is 0 Å². The summed E-state index contributed by atoms with van der Waals surface area (Å²) in [6, 6.07) is 3.71. The van der Waals surface area contributed by atoms with Crippen LogP contribution in [0.15, 0.2) is 28.9 Å². The molecule has 0 aliphatic carbocycles. The molecule has 0 aromatic carbocycles. The monoisotopic (exact) mass is 302 g/mol. The fourth-order valence-corrected chi connectivity index (χ4v) is 3.27. The zero-order valence-corrected chi connectivity index (χ0v) is 11.8. The molecule has 0 saturated carbocycles. The average Bonchev–Trinajstić information content (AvgIpc) is 3.24. The summed E-state index contributed by atoms with van der Waals surface area (Å²) in [6.07, 6.45) is 5.95. The lowest BCUT2D eigenvalue weighted by Crippen LogP contribution is -2.43. The van der Waals surface area contributed by atoms with Crippen molar-refractivity contribution in [2.75, 3.05) is 0 Å². The first-order chi connectivity index (χ1) is 10.7. The zero-order chi connectivity index (χ0) is 15.1. The number of aromatic nitrogens is 2. The van der Waals surface area contributed by atoms with Gasteiger partial charge in [0.25, 0.3) is 5.89 Å². The summed E-state index contributed by atoms with van der Waals surface area (Å²) in [4.78, 5) is 20.0. The van der Waals surface area contributed by atoms with Gasteiger partial charge >= 0.3 is 5.91 Å². The van der Waals surface area contributed by atoms with Gasteiger partial charge in [-0.1, -0.05) is 0 Å². The van der Waals surface area contributed by atoms with Crippen molar-refractivity contribution in [1.29, 1.82) is 0 Å². The molecular weight excluding hydrogens is 287 g/mol. The van der Waals surface area contributed by atoms with E-state index in [1.807, 2.05) is 0 Å². The number of fused-ring (bicyclic) bond motifs is 2. The number of oxazole rings is 1. The third-order valence-electron chi connectivity index (χ3n) is 4.31. The van der Waals surface area contributed by atoms with Crippen molar-refractivity contribution in [3.05, 3.63) is 36.2 Å². The molecule has 2 aromatic heterocycles. The third-order valence-corrected chi connectivity index (χ3v) is 4.31. The fourth-order valence-electron chi connectivity index (χ4n) is 3.27. The van der Waals surface area contributed by atoms with Crippen LogP contribution < -0.4 is 10.6 Å². The minimum atomic E-state index is -0.511. The largest absolute Gasteiger partial charge is 0.431 e. The lowest BCUT2D eigenvalue weighted by Gasteiger charge is -2.20. The fraction of sp³-hybridized carbons (Fsp3) is 0.400. The second-order valence-electron chi connectivity index (χ2n) is 5.73. The van der Waals surface area contributed by atoms with Gasteiger partial charge in [-0.3, -0.25) is 4.79 Å². The van der Waals surface area contributed by atoms with Crippen LogP contribution in [0.4, 0.5) is 4.39 Å². The van der Waals surface area contributed by atoms with Crippen LogP contribution in [0, 0.1) is 5.82 Å². The highest BCUT2D eigenvalue weighted by Gasteiger charge is 2.40. The van der Waals surface area contributed by atoms with Crippen molar-refractivity contribution >= 4 is 5.91 Å². The highest BCUT2D eigenvalue weighted by molar-refractivity contribution is 5.90. The standard InChI is InChI=1S/C15H15FN4O2/c16-9-2-1-5-17-13(9)12-7-18-15(22-12)14(21)20-11-6-8-3-4-10(11)19-8/h1-2,5,7-8,10-11,19H,3-4,6H2,(H,20,21). The average molecular weight is 302 g/mol. The first-order valence-electron chi connectivity index (χ1n) is 7.34. The normalized spacial score (nSPS) is 26.3. The van der Waals surface area contributed by atoms with Crippen molar-refractivity contribution in [1.82, 2.24) is 20.6 Å². The number of hydrogen-bond acceptors (Lipinski definition) is 5. The molecule has 3 unspecified atom stereocenters. The number of nitrogens with one attached hydrogen (secondary N) is 2. The van der Waals surface area contributed by atoms with Gasteiger partial charge in [0.15, 0.2) is 11.6 Å². The summed E-state index contributed by atoms with van der Waals surface area (Å²) < 4.78 is 19.0. The highest BCUT2D eigenvalue weighted by atomic mass is 19.1. The number of halogens is 1. The zero-order valence-electron chi connectivity index (χ0n) is 11.8. The molecular formula is C15H15FN4O2. The molecule has 2 saturated heterocycles. The number of rotatable bonds is 3. The van der Waals surface area contributed by atoms with Gasteiger partial charge in [0, 0.05) is 24.3 Å². The molecule has 2 fully saturated rings. The number of pyridine rings is 1. The topological polar surface area (TPSA) is 80.0 Å². The molecule has 0 spiro atoms. The first kappa shape index (κ1) is 13.4. The van der Waals surface area contributed by atoms with E-state index in [1.54, 1.807) is 0 Å². The summed E-state index contributed by atoms with van der Waals surface area (Å²) in [5.74, 6) is -0.804. The van der Waals surface area contributed by atoms with Crippen LogP contribution in [0.5, 0.6) is 0 Å². The van der Waals surface area contributed by atoms with Crippen LogP contribution in [0.3, 0.4) is 0 Å². The maximum atomic E-state index is 13.7. The van der Waals surface area contributed by atoms with Crippen LogP contribution in [-0.4, -0.2) is 34.0 Å². The van der Waals surface area contributed by atoms with Gasteiger partial charge in [0.05, 0.1) is 6.20 Å². The summed E-state index contributed by atoms with van der Waals surface area (Å²) >= 11 is 0. The minimum absolute atomic E-state index is 0.0515. The number of carbonyl (C=O) groups excluding carboxylic acids is 1. The Kier molecular flexibility index (Phi) is 3.15. The van der Waals surface area contributed by atoms with Crippen molar-refractivity contribution in [3.8, 4) is 11.5 Å². The molecule has 4 heterocycles. The van der Waals surface area contributed by atoms with Crippen LogP contribution in [-0.2, 0) is 0 Å². The molecule has 0 radical (unpaired) electrons. The molecule has 1 amide bonds. The van der Waals surface area contributed by atoms with Crippen LogP contribution in [0.25, 0.3) is 11.5 Å². The molecule has 2 aromatic rings. The predicted octanol–water partition coefficient (Wildman–Crippen LogP) is 1.50. The van der Waals surface area contributed by atoms with Crippen LogP contribution >= 0.6 is 0 Å². The maximum Gasteiger partial charge on any atom is 0.307 e. The van der Waals surface area contributed by atoms with Gasteiger partial charge in [-0.2, -0.15) is 0 Å². The van der Waals surface area contributed by atoms with Crippen molar-refractivity contribution in [2.45, 2.75) is 37.4 Å². The van der Waals surface area contributed by atoms with Gasteiger partial charge in [-0.05, 0) is 31.4 Å². The van der Waals surface area contributed by atoms with Crippen molar-refractivity contribution < 1.29 is 13.6 Å². The Morgan fingerprint density at radius 2 is 2.32 bits per heavy atom. The molecule has 6 nitrogen and oxygen atoms in total. The van der Waals surface area contributed by atoms with Gasteiger partial charge in [0.2, 0.25) is 0 Å². The molecule has 2 aliphatic rings. The Morgan fingerprint density at radius 1 is 1.41 bits per heavy atom. The van der Waals surface area contributed by atoms with E-state index in [1.165, 1.54) is 30.9 Å². The second-order valence-corrected chi connectivity index (χ2v) is 5.73. The Hall–Kier alpha value is -2.28. The predicted molar refractivity (Wildman–Crippen MR) is 75.5 cm³/mol. The van der Waals surface area contributed by atoms with E-state index in [0.717, 1.165) is 12.8 Å². The lowest BCUT2D eigenvalue weighted by atomic mass is 9.95. The van der Waals surface area contributed by atoms with E-state index in [9.17, 15) is 9.18 Å². The van der Waals surface area contributed by atoms with E-state index in [4.69, 9.17) is 4.42 Å². The van der Waals surface area contributed by atoms with Gasteiger partial charge < -0.3 is 15.1 Å². The second kappa shape index (κ2) is 5.17. The number of amides is 1. The Balaban J connectivity index is 1.49. The van der Waals surface area contributed by atoms with E-state index in [2.05, 4.69) is 20.6 Å². The summed E-state index contributed by atoms with van der Waals surface area (Å²) in [5, 5.41) is 6.38. The third kappa shape index (κ3) is 2.27. The molecule has 7 heteroatoms. The van der Waals surface area contributed by atoms with Crippen molar-refractivity contribution in [2.24, 2.45) is 0 Å². The van der Waals surface area contributed by atoms with E-state index >= 15 is 0 Å². The van der Waals surface area contributed by atoms with Crippen molar-refractivity contribution in [3.63, 3.8) is 0 Å². The van der Waals surface area contributed by atoms with Gasteiger partial charge in [0.1, 0.15) is 5.69 Å². The van der Waals surface area contributed by atoms with Crippen LogP contribution in [0.1, 0.15) is 29.9 Å². The van der Waals surface area contributed by atoms with E-state index < -0.39 is 5.82 Å². The SMILES string of the molecule is O=C(NC1CC2CCC1N2)c1ncc(-c2ncccc2F)o1. The number of nitrogens with zero attached hydrogens (tertiary/aromatic N) is 2. The Bertz CT molecular complexity index is 717. The molecule has 2 N–H and O–H groups in total. The first-order valence-corrected chi connectivity index (χ1v) is 7.34. The highest BCUT2D eigenvalue weighted by Crippen LogP contribution is 2.28. The smallest absolute Gasteiger partial charge is 0.307 e. The molecule has 4 rings (SSSR count). The maximum absolute atomic E-state index is 13.7. The summed E-state index contributed by atoms with van der Waals surface area (Å²) in [6.45, 7) is 0. The minimum Gasteiger partial charge on any atom is -0.431 e. The number of carbonyl (C=O) groups is 1. The molecule has 3 atom stereocenters. The Labute approximate surface area is 126 Å². The van der Waals surface area contributed by atoms with Crippen LogP contribution in [0.2, 0.25) is 0 Å². The Morgan fingerprint density at radius 3 is 3.05 bits per heavy atom.